The molecule has 0 unspecified atom stereocenters. The summed E-state index contributed by atoms with van der Waals surface area (Å²) in [5, 5.41) is 13.0. The van der Waals surface area contributed by atoms with Crippen LogP contribution in [0.15, 0.2) is 36.2 Å². The van der Waals surface area contributed by atoms with Gasteiger partial charge in [-0.05, 0) is 50.5 Å². The summed E-state index contributed by atoms with van der Waals surface area (Å²) in [5.41, 5.74) is 1.05. The number of carbonyl (C=O) groups is 1. The summed E-state index contributed by atoms with van der Waals surface area (Å²) >= 11 is 0. The molecule has 0 bridgehead atoms. The number of aromatic hydroxyl groups is 1. The van der Waals surface area contributed by atoms with E-state index in [1.165, 1.54) is 12.1 Å². The SMILES string of the molecule is CC(C)(C)c1cc(F)c(CC(=O)NC2=CCN(C(C)(C)C)C=C2)cc1O. The molecule has 26 heavy (non-hydrogen) atoms. The van der Waals surface area contributed by atoms with Crippen molar-refractivity contribution in [1.29, 1.82) is 0 Å². The van der Waals surface area contributed by atoms with E-state index in [4.69, 9.17) is 0 Å². The lowest BCUT2D eigenvalue weighted by atomic mass is 9.85. The van der Waals surface area contributed by atoms with Gasteiger partial charge in [-0.2, -0.15) is 0 Å². The lowest BCUT2D eigenvalue weighted by molar-refractivity contribution is -0.119. The van der Waals surface area contributed by atoms with Crippen LogP contribution >= 0.6 is 0 Å². The quantitative estimate of drug-likeness (QED) is 0.857. The van der Waals surface area contributed by atoms with Crippen molar-refractivity contribution >= 4 is 5.91 Å². The van der Waals surface area contributed by atoms with Gasteiger partial charge in [0.2, 0.25) is 5.91 Å². The van der Waals surface area contributed by atoms with Crippen molar-refractivity contribution in [1.82, 2.24) is 10.2 Å². The summed E-state index contributed by atoms with van der Waals surface area (Å²) in [6, 6.07) is 2.67. The smallest absolute Gasteiger partial charge is 0.228 e. The molecule has 4 nitrogen and oxygen atoms in total. The second kappa shape index (κ2) is 7.14. The van der Waals surface area contributed by atoms with Crippen molar-refractivity contribution in [3.63, 3.8) is 0 Å². The first-order chi connectivity index (χ1) is 11.9. The summed E-state index contributed by atoms with van der Waals surface area (Å²) < 4.78 is 14.4. The number of phenols is 1. The molecule has 1 aliphatic rings. The second-order valence-electron chi connectivity index (χ2n) is 8.73. The van der Waals surface area contributed by atoms with Crippen LogP contribution in [-0.2, 0) is 16.6 Å². The van der Waals surface area contributed by atoms with Crippen molar-refractivity contribution in [2.75, 3.05) is 6.54 Å². The molecule has 0 saturated carbocycles. The molecular weight excluding hydrogens is 331 g/mol. The van der Waals surface area contributed by atoms with Gasteiger partial charge in [0, 0.05) is 35.1 Å². The van der Waals surface area contributed by atoms with Crippen LogP contribution < -0.4 is 5.32 Å². The fourth-order valence-corrected chi connectivity index (χ4v) is 2.81. The maximum Gasteiger partial charge on any atom is 0.228 e. The number of hydrogen-bond acceptors (Lipinski definition) is 3. The van der Waals surface area contributed by atoms with Crippen LogP contribution in [-0.4, -0.2) is 28.0 Å². The average molecular weight is 360 g/mol. The van der Waals surface area contributed by atoms with Crippen LogP contribution in [0.5, 0.6) is 5.75 Å². The maximum atomic E-state index is 14.4. The van der Waals surface area contributed by atoms with E-state index in [0.29, 0.717) is 17.8 Å². The van der Waals surface area contributed by atoms with Gasteiger partial charge < -0.3 is 15.3 Å². The molecule has 1 aromatic carbocycles. The Bertz CT molecular complexity index is 753. The zero-order valence-corrected chi connectivity index (χ0v) is 16.5. The Labute approximate surface area is 155 Å². The number of rotatable bonds is 3. The molecule has 0 fully saturated rings. The van der Waals surface area contributed by atoms with E-state index in [1.54, 1.807) is 0 Å². The van der Waals surface area contributed by atoms with E-state index in [-0.39, 0.29) is 34.6 Å². The molecule has 1 heterocycles. The number of halogens is 1. The van der Waals surface area contributed by atoms with Crippen LogP contribution in [0, 0.1) is 5.82 Å². The predicted molar refractivity (Wildman–Crippen MR) is 102 cm³/mol. The summed E-state index contributed by atoms with van der Waals surface area (Å²) in [5.74, 6) is -0.777. The monoisotopic (exact) mass is 360 g/mol. The first-order valence-corrected chi connectivity index (χ1v) is 8.85. The highest BCUT2D eigenvalue weighted by atomic mass is 19.1. The standard InChI is InChI=1S/C21H29FN2O2/c1-20(2,3)16-13-17(22)14(11-18(16)25)12-19(26)23-15-7-9-24(10-8-15)21(4,5)6/h7-9,11,13,25H,10,12H2,1-6H3,(H,23,26). The zero-order valence-electron chi connectivity index (χ0n) is 16.5. The van der Waals surface area contributed by atoms with Crippen LogP contribution in [0.4, 0.5) is 4.39 Å². The Morgan fingerprint density at radius 1 is 1.23 bits per heavy atom. The maximum absolute atomic E-state index is 14.4. The van der Waals surface area contributed by atoms with Crippen molar-refractivity contribution in [3.05, 3.63) is 53.1 Å². The molecule has 0 aliphatic carbocycles. The lowest BCUT2D eigenvalue weighted by Crippen LogP contribution is -2.39. The highest BCUT2D eigenvalue weighted by molar-refractivity contribution is 5.81. The molecule has 1 aromatic rings. The van der Waals surface area contributed by atoms with Gasteiger partial charge >= 0.3 is 0 Å². The number of nitrogens with zero attached hydrogens (tertiary/aromatic N) is 1. The number of phenolic OH excluding ortho intramolecular Hbond substituents is 1. The van der Waals surface area contributed by atoms with E-state index in [1.807, 2.05) is 39.1 Å². The molecule has 2 rings (SSSR count). The van der Waals surface area contributed by atoms with Gasteiger partial charge in [0.05, 0.1) is 6.42 Å². The summed E-state index contributed by atoms with van der Waals surface area (Å²) in [6.45, 7) is 12.7. The van der Waals surface area contributed by atoms with Crippen molar-refractivity contribution < 1.29 is 14.3 Å². The third-order valence-corrected chi connectivity index (χ3v) is 4.41. The number of allylic oxidation sites excluding steroid dienone is 1. The molecule has 1 aliphatic heterocycles. The molecule has 5 heteroatoms. The third kappa shape index (κ3) is 4.87. The highest BCUT2D eigenvalue weighted by Crippen LogP contribution is 2.32. The number of amides is 1. The Kier molecular flexibility index (Phi) is 5.49. The van der Waals surface area contributed by atoms with E-state index >= 15 is 0 Å². The minimum Gasteiger partial charge on any atom is -0.508 e. The second-order valence-corrected chi connectivity index (χ2v) is 8.73. The molecular formula is C21H29FN2O2. The Balaban J connectivity index is 2.04. The Morgan fingerprint density at radius 3 is 2.38 bits per heavy atom. The van der Waals surface area contributed by atoms with Gasteiger partial charge in [-0.1, -0.05) is 20.8 Å². The van der Waals surface area contributed by atoms with Gasteiger partial charge in [0.1, 0.15) is 11.6 Å². The average Bonchev–Trinajstić information content (AvgIpc) is 2.49. The Hall–Kier alpha value is -2.30. The molecule has 0 atom stereocenters. The van der Waals surface area contributed by atoms with Crippen molar-refractivity contribution in [2.45, 2.75) is 58.9 Å². The minimum absolute atomic E-state index is 0.0119. The number of hydrogen-bond donors (Lipinski definition) is 2. The van der Waals surface area contributed by atoms with Gasteiger partial charge in [-0.3, -0.25) is 4.79 Å². The van der Waals surface area contributed by atoms with Gasteiger partial charge in [-0.25, -0.2) is 4.39 Å². The number of benzene rings is 1. The van der Waals surface area contributed by atoms with Crippen molar-refractivity contribution in [2.24, 2.45) is 0 Å². The summed E-state index contributed by atoms with van der Waals surface area (Å²) in [4.78, 5) is 14.4. The molecule has 142 valence electrons. The van der Waals surface area contributed by atoms with Crippen LogP contribution in [0.3, 0.4) is 0 Å². The topological polar surface area (TPSA) is 52.6 Å². The third-order valence-electron chi connectivity index (χ3n) is 4.41. The van der Waals surface area contributed by atoms with Crippen LogP contribution in [0.1, 0.15) is 52.7 Å². The van der Waals surface area contributed by atoms with Crippen LogP contribution in [0.25, 0.3) is 0 Å². The molecule has 0 aromatic heterocycles. The zero-order chi connectivity index (χ0) is 19.7. The predicted octanol–water partition coefficient (Wildman–Crippen LogP) is 4.00. The normalized spacial score (nSPS) is 15.0. The fraction of sp³-hybridized carbons (Fsp3) is 0.476. The number of carbonyl (C=O) groups excluding carboxylic acids is 1. The van der Waals surface area contributed by atoms with E-state index in [9.17, 15) is 14.3 Å². The molecule has 0 radical (unpaired) electrons. The van der Waals surface area contributed by atoms with E-state index in [0.717, 1.165) is 0 Å². The molecule has 1 amide bonds. The fourth-order valence-electron chi connectivity index (χ4n) is 2.81. The Morgan fingerprint density at radius 2 is 1.88 bits per heavy atom. The summed E-state index contributed by atoms with van der Waals surface area (Å²) in [6.07, 6.45) is 5.58. The molecule has 0 spiro atoms. The largest absolute Gasteiger partial charge is 0.508 e. The highest BCUT2D eigenvalue weighted by Gasteiger charge is 2.22. The van der Waals surface area contributed by atoms with Gasteiger partial charge in [0.15, 0.2) is 0 Å². The van der Waals surface area contributed by atoms with Gasteiger partial charge in [0.25, 0.3) is 0 Å². The van der Waals surface area contributed by atoms with Crippen molar-refractivity contribution in [3.8, 4) is 5.75 Å². The van der Waals surface area contributed by atoms with Crippen LogP contribution in [0.2, 0.25) is 0 Å². The first-order valence-electron chi connectivity index (χ1n) is 8.85. The van der Waals surface area contributed by atoms with Gasteiger partial charge in [-0.15, -0.1) is 0 Å². The minimum atomic E-state index is -0.477. The number of nitrogens with one attached hydrogen (secondary N) is 1. The van der Waals surface area contributed by atoms with E-state index in [2.05, 4.69) is 31.0 Å². The first kappa shape index (κ1) is 20.0. The molecule has 0 saturated heterocycles. The van der Waals surface area contributed by atoms with E-state index < -0.39 is 5.82 Å². The summed E-state index contributed by atoms with van der Waals surface area (Å²) in [7, 11) is 0. The lowest BCUT2D eigenvalue weighted by Gasteiger charge is -2.35. The molecule has 2 N–H and O–H groups in total.